The lowest BCUT2D eigenvalue weighted by Gasteiger charge is -2.48. The third kappa shape index (κ3) is 8.67. The molecule has 5 aliphatic rings. The van der Waals surface area contributed by atoms with Crippen molar-refractivity contribution in [3.63, 3.8) is 0 Å². The molecule has 5 heterocycles. The van der Waals surface area contributed by atoms with E-state index in [2.05, 4.69) is 41.1 Å². The van der Waals surface area contributed by atoms with E-state index >= 15 is 8.78 Å². The maximum absolute atomic E-state index is 15.5. The molecule has 0 bridgehead atoms. The van der Waals surface area contributed by atoms with E-state index in [1.807, 2.05) is 0 Å². The number of halogens is 2. The van der Waals surface area contributed by atoms with Gasteiger partial charge in [-0.05, 0) is 107 Å². The number of likely N-dealkylation sites (tertiary alicyclic amines) is 1. The Balaban J connectivity index is 0.847. The molecule has 1 unspecified atom stereocenters. The number of hydrogen-bond acceptors (Lipinski definition) is 11. The summed E-state index contributed by atoms with van der Waals surface area (Å²) < 4.78 is 35.7. The highest BCUT2D eigenvalue weighted by molar-refractivity contribution is 6.01. The van der Waals surface area contributed by atoms with E-state index in [4.69, 9.17) is 4.74 Å². The summed E-state index contributed by atoms with van der Waals surface area (Å²) in [7, 11) is 0. The Bertz CT molecular complexity index is 2010. The molecule has 1 aromatic carbocycles. The number of ether oxygens (including phenoxy) is 1. The van der Waals surface area contributed by atoms with Crippen LogP contribution in [-0.2, 0) is 23.9 Å². The Labute approximate surface area is 336 Å². The molecule has 0 radical (unpaired) electrons. The minimum Gasteiger partial charge on any atom is -0.374 e. The zero-order chi connectivity index (χ0) is 40.2. The van der Waals surface area contributed by atoms with E-state index in [9.17, 15) is 19.2 Å². The minimum absolute atomic E-state index is 0.0226. The largest absolute Gasteiger partial charge is 0.374 e. The Morgan fingerprint density at radius 1 is 0.862 bits per heavy atom. The minimum atomic E-state index is -0.578. The van der Waals surface area contributed by atoms with E-state index in [0.717, 1.165) is 76.8 Å². The number of carbonyl (C=O) groups is 4. The summed E-state index contributed by atoms with van der Waals surface area (Å²) in [4.78, 5) is 67.3. The van der Waals surface area contributed by atoms with E-state index in [1.165, 1.54) is 17.2 Å². The van der Waals surface area contributed by atoms with Crippen molar-refractivity contribution >= 4 is 41.1 Å². The smallest absolute Gasteiger partial charge is 0.254 e. The zero-order valence-corrected chi connectivity index (χ0v) is 32.6. The van der Waals surface area contributed by atoms with Gasteiger partial charge in [0, 0.05) is 36.0 Å². The quantitative estimate of drug-likeness (QED) is 0.208. The number of carbonyl (C=O) groups excluding carboxylic acids is 4. The maximum atomic E-state index is 15.5. The fourth-order valence-electron chi connectivity index (χ4n) is 9.42. The molecule has 2 aliphatic carbocycles. The first-order valence-corrected chi connectivity index (χ1v) is 20.7. The molecular formula is C42H51F2N9O5. The Kier molecular flexibility index (Phi) is 11.9. The summed E-state index contributed by atoms with van der Waals surface area (Å²) in [5, 5.41) is 12.2. The monoisotopic (exact) mass is 799 g/mol. The van der Waals surface area contributed by atoms with Crippen LogP contribution in [0.5, 0.6) is 0 Å². The van der Waals surface area contributed by atoms with E-state index in [-0.39, 0.29) is 60.3 Å². The number of piperidine rings is 2. The Morgan fingerprint density at radius 2 is 1.64 bits per heavy atom. The van der Waals surface area contributed by atoms with Gasteiger partial charge in [-0.1, -0.05) is 25.3 Å². The standard InChI is InChI=1S/C42H51F2N9O5/c43-32-23-30(47-34-10-11-36(54)50-39(34)56)8-9-31(32)26-13-18-52(19-14-26)42(15-2-1-3-16-42)40(57)48-28-4-6-29(7-5-28)49-41-46-24-33(44)38(51-41)27-12-17-45-35(22-27)53-20-21-58-25-37(53)55/h8-9,12,17,22-24,26,28-29,34,47H,1-7,10-11,13-16,18-21,25H2,(H,48,57)(H,46,49,51)(H,50,54,56). The van der Waals surface area contributed by atoms with Gasteiger partial charge in [0.05, 0.1) is 19.3 Å². The van der Waals surface area contributed by atoms with Crippen LogP contribution in [0.4, 0.5) is 26.2 Å². The van der Waals surface area contributed by atoms with Crippen molar-refractivity contribution in [3.05, 3.63) is 59.9 Å². The molecule has 58 heavy (non-hydrogen) atoms. The molecule has 308 valence electrons. The highest BCUT2D eigenvalue weighted by atomic mass is 19.1. The van der Waals surface area contributed by atoms with E-state index < -0.39 is 23.3 Å². The van der Waals surface area contributed by atoms with Crippen LogP contribution in [0.1, 0.15) is 95.0 Å². The van der Waals surface area contributed by atoms with Crippen molar-refractivity contribution in [2.24, 2.45) is 0 Å². The van der Waals surface area contributed by atoms with Gasteiger partial charge < -0.3 is 20.7 Å². The van der Waals surface area contributed by atoms with Gasteiger partial charge in [-0.25, -0.2) is 23.7 Å². The Morgan fingerprint density at radius 3 is 2.38 bits per heavy atom. The average Bonchev–Trinajstić information content (AvgIpc) is 3.24. The van der Waals surface area contributed by atoms with Crippen LogP contribution in [-0.4, -0.2) is 100.0 Å². The van der Waals surface area contributed by atoms with Gasteiger partial charge in [0.2, 0.25) is 23.7 Å². The maximum Gasteiger partial charge on any atom is 0.254 e. The first kappa shape index (κ1) is 39.7. The number of nitrogens with zero attached hydrogens (tertiary/aromatic N) is 5. The summed E-state index contributed by atoms with van der Waals surface area (Å²) in [6.45, 7) is 2.15. The highest BCUT2D eigenvalue weighted by Crippen LogP contribution is 2.40. The number of aromatic nitrogens is 3. The fourth-order valence-corrected chi connectivity index (χ4v) is 9.42. The van der Waals surface area contributed by atoms with Crippen molar-refractivity contribution in [3.8, 4) is 11.3 Å². The first-order valence-electron chi connectivity index (χ1n) is 20.7. The van der Waals surface area contributed by atoms with Crippen LogP contribution >= 0.6 is 0 Å². The van der Waals surface area contributed by atoms with Crippen LogP contribution in [0.15, 0.2) is 42.7 Å². The van der Waals surface area contributed by atoms with Crippen molar-refractivity contribution in [1.82, 2.24) is 30.5 Å². The van der Waals surface area contributed by atoms with E-state index in [1.54, 1.807) is 24.3 Å². The van der Waals surface area contributed by atoms with Gasteiger partial charge in [-0.3, -0.25) is 34.3 Å². The number of amides is 4. The number of benzene rings is 1. The summed E-state index contributed by atoms with van der Waals surface area (Å²) in [6, 6.07) is 7.85. The summed E-state index contributed by atoms with van der Waals surface area (Å²) >= 11 is 0. The van der Waals surface area contributed by atoms with Gasteiger partial charge in [-0.15, -0.1) is 0 Å². The topological polar surface area (TPSA) is 171 Å². The molecule has 14 nitrogen and oxygen atoms in total. The van der Waals surface area contributed by atoms with Crippen molar-refractivity contribution < 1.29 is 32.7 Å². The number of imide groups is 1. The second-order valence-electron chi connectivity index (χ2n) is 16.3. The van der Waals surface area contributed by atoms with Crippen molar-refractivity contribution in [1.29, 1.82) is 0 Å². The predicted octanol–water partition coefficient (Wildman–Crippen LogP) is 4.82. The summed E-state index contributed by atoms with van der Waals surface area (Å²) in [5.41, 5.74) is 1.19. The molecule has 5 fully saturated rings. The Hall–Kier alpha value is -5.09. The number of anilines is 3. The number of morpholine rings is 1. The van der Waals surface area contributed by atoms with Gasteiger partial charge in [-0.2, -0.15) is 0 Å². The van der Waals surface area contributed by atoms with Gasteiger partial charge in [0.25, 0.3) is 5.91 Å². The first-order chi connectivity index (χ1) is 28.1. The molecule has 4 N–H and O–H groups in total. The lowest BCUT2D eigenvalue weighted by atomic mass is 9.76. The number of pyridine rings is 1. The van der Waals surface area contributed by atoms with Gasteiger partial charge in [0.15, 0.2) is 5.82 Å². The van der Waals surface area contributed by atoms with Crippen molar-refractivity contribution in [2.75, 3.05) is 48.4 Å². The van der Waals surface area contributed by atoms with E-state index in [0.29, 0.717) is 61.2 Å². The van der Waals surface area contributed by atoms with Gasteiger partial charge in [0.1, 0.15) is 35.5 Å². The van der Waals surface area contributed by atoms with Crippen LogP contribution in [0, 0.1) is 11.6 Å². The number of rotatable bonds is 10. The second kappa shape index (κ2) is 17.4. The van der Waals surface area contributed by atoms with Crippen molar-refractivity contribution in [2.45, 2.75) is 113 Å². The molecule has 3 aromatic rings. The zero-order valence-electron chi connectivity index (χ0n) is 32.6. The normalized spacial score (nSPS) is 24.6. The molecule has 8 rings (SSSR count). The molecule has 3 aliphatic heterocycles. The summed E-state index contributed by atoms with van der Waals surface area (Å²) in [5.74, 6) is -0.939. The third-order valence-electron chi connectivity index (χ3n) is 12.6. The molecule has 1 atom stereocenters. The third-order valence-corrected chi connectivity index (χ3v) is 12.6. The summed E-state index contributed by atoms with van der Waals surface area (Å²) in [6.07, 6.45) is 12.6. The fraction of sp³-hybridized carbons (Fsp3) is 0.548. The lowest BCUT2D eigenvalue weighted by Crippen LogP contribution is -2.62. The van der Waals surface area contributed by atoms with Gasteiger partial charge >= 0.3 is 0 Å². The molecule has 0 spiro atoms. The number of hydrogen-bond donors (Lipinski definition) is 4. The average molecular weight is 800 g/mol. The lowest BCUT2D eigenvalue weighted by molar-refractivity contribution is -0.138. The van der Waals surface area contributed by atoms with Crippen LogP contribution in [0.2, 0.25) is 0 Å². The molecular weight excluding hydrogens is 749 g/mol. The molecule has 16 heteroatoms. The molecule has 2 aromatic heterocycles. The number of nitrogens with one attached hydrogen (secondary N) is 4. The van der Waals surface area contributed by atoms with Crippen LogP contribution in [0.25, 0.3) is 11.3 Å². The van der Waals surface area contributed by atoms with Crippen LogP contribution in [0.3, 0.4) is 0 Å². The SMILES string of the molecule is O=C1CCC(Nc2ccc(C3CCN(C4(C(=O)NC5CCC(Nc6ncc(F)c(-c7ccnc(N8CCOCC8=O)c7)n6)CC5)CCCCC4)CC3)c(F)c2)C(=O)N1. The highest BCUT2D eigenvalue weighted by Gasteiger charge is 2.46. The van der Waals surface area contributed by atoms with Crippen LogP contribution < -0.4 is 26.2 Å². The molecule has 4 amide bonds. The molecule has 3 saturated heterocycles. The molecule has 2 saturated carbocycles. The second-order valence-corrected chi connectivity index (χ2v) is 16.3. The predicted molar refractivity (Wildman–Crippen MR) is 212 cm³/mol.